The lowest BCUT2D eigenvalue weighted by atomic mass is 10.1. The SMILES string of the molecule is COC(C)(C)CCOC(=O)c1nn(-c2ccc(OC(F)(F)F)cc2)c2cccc(S(C)(=O)=O)c2c1=O. The predicted octanol–water partition coefficient (Wildman–Crippen LogP) is 3.66. The fraction of sp³-hybridized carbons (Fsp3) is 0.348. The normalized spacial score (nSPS) is 12.5. The lowest BCUT2D eigenvalue weighted by Gasteiger charge is -2.22. The van der Waals surface area contributed by atoms with E-state index in [9.17, 15) is 31.2 Å². The van der Waals surface area contributed by atoms with Crippen molar-refractivity contribution in [1.82, 2.24) is 9.78 Å². The van der Waals surface area contributed by atoms with Crippen LogP contribution in [0.1, 0.15) is 30.8 Å². The summed E-state index contributed by atoms with van der Waals surface area (Å²) in [5.74, 6) is -1.60. The number of carbonyl (C=O) groups is 1. The topological polar surface area (TPSA) is 114 Å². The first-order valence-electron chi connectivity index (χ1n) is 10.5. The van der Waals surface area contributed by atoms with E-state index in [-0.39, 0.29) is 28.1 Å². The molecule has 0 saturated heterocycles. The van der Waals surface area contributed by atoms with E-state index in [0.717, 1.165) is 23.1 Å². The van der Waals surface area contributed by atoms with Crippen LogP contribution in [0.5, 0.6) is 5.75 Å². The Kier molecular flexibility index (Phi) is 7.46. The fourth-order valence-corrected chi connectivity index (χ4v) is 4.12. The van der Waals surface area contributed by atoms with Crippen molar-refractivity contribution in [1.29, 1.82) is 0 Å². The van der Waals surface area contributed by atoms with Crippen LogP contribution in [0, 0.1) is 0 Å². The van der Waals surface area contributed by atoms with Gasteiger partial charge < -0.3 is 14.2 Å². The van der Waals surface area contributed by atoms with Crippen molar-refractivity contribution >= 4 is 26.7 Å². The molecule has 0 aliphatic rings. The average molecular weight is 529 g/mol. The Balaban J connectivity index is 2.17. The number of hydrogen-bond donors (Lipinski definition) is 0. The van der Waals surface area contributed by atoms with Crippen LogP contribution in [-0.2, 0) is 19.3 Å². The Morgan fingerprint density at radius 1 is 1.08 bits per heavy atom. The summed E-state index contributed by atoms with van der Waals surface area (Å²) in [6.45, 7) is 3.43. The molecule has 3 aromatic rings. The Morgan fingerprint density at radius 2 is 1.72 bits per heavy atom. The van der Waals surface area contributed by atoms with Crippen LogP contribution in [0.3, 0.4) is 0 Å². The van der Waals surface area contributed by atoms with E-state index in [0.29, 0.717) is 6.42 Å². The average Bonchev–Trinajstić information content (AvgIpc) is 2.78. The Labute approximate surface area is 204 Å². The number of fused-ring (bicyclic) bond motifs is 1. The number of alkyl halides is 3. The minimum absolute atomic E-state index is 0.0180. The minimum atomic E-state index is -4.90. The van der Waals surface area contributed by atoms with Gasteiger partial charge in [-0.25, -0.2) is 17.9 Å². The molecular formula is C23H23F3N2O7S. The van der Waals surface area contributed by atoms with E-state index >= 15 is 0 Å². The molecule has 0 fully saturated rings. The predicted molar refractivity (Wildman–Crippen MR) is 123 cm³/mol. The van der Waals surface area contributed by atoms with Gasteiger partial charge in [-0.2, -0.15) is 5.10 Å². The van der Waals surface area contributed by atoms with Crippen LogP contribution in [0.2, 0.25) is 0 Å². The second kappa shape index (κ2) is 9.90. The zero-order valence-corrected chi connectivity index (χ0v) is 20.6. The molecule has 0 N–H and O–H groups in total. The summed E-state index contributed by atoms with van der Waals surface area (Å²) in [5.41, 5.74) is -2.11. The van der Waals surface area contributed by atoms with Gasteiger partial charge in [0, 0.05) is 19.8 Å². The molecule has 13 heteroatoms. The summed E-state index contributed by atoms with van der Waals surface area (Å²) < 4.78 is 77.8. The smallest absolute Gasteiger partial charge is 0.461 e. The third-order valence-electron chi connectivity index (χ3n) is 5.27. The van der Waals surface area contributed by atoms with Crippen LogP contribution >= 0.6 is 0 Å². The number of sulfone groups is 1. The summed E-state index contributed by atoms with van der Waals surface area (Å²) in [5, 5.41) is 3.76. The van der Waals surface area contributed by atoms with Crippen LogP contribution in [-0.4, -0.2) is 56.1 Å². The molecule has 194 valence electrons. The van der Waals surface area contributed by atoms with E-state index < -0.39 is 44.6 Å². The van der Waals surface area contributed by atoms with Crippen molar-refractivity contribution < 1.29 is 40.6 Å². The van der Waals surface area contributed by atoms with Crippen LogP contribution < -0.4 is 10.2 Å². The van der Waals surface area contributed by atoms with E-state index in [1.165, 1.54) is 37.4 Å². The molecule has 0 amide bonds. The number of carbonyl (C=O) groups excluding carboxylic acids is 1. The molecule has 36 heavy (non-hydrogen) atoms. The van der Waals surface area contributed by atoms with Crippen LogP contribution in [0.4, 0.5) is 13.2 Å². The lowest BCUT2D eigenvalue weighted by Crippen LogP contribution is -2.28. The summed E-state index contributed by atoms with van der Waals surface area (Å²) in [6.07, 6.45) is -3.70. The van der Waals surface area contributed by atoms with Crippen molar-refractivity contribution in [3.63, 3.8) is 0 Å². The highest BCUT2D eigenvalue weighted by molar-refractivity contribution is 7.91. The highest BCUT2D eigenvalue weighted by Gasteiger charge is 2.31. The molecule has 1 aromatic heterocycles. The van der Waals surface area contributed by atoms with Crippen molar-refractivity contribution in [2.75, 3.05) is 20.0 Å². The molecule has 0 aliphatic carbocycles. The molecule has 0 saturated carbocycles. The maximum Gasteiger partial charge on any atom is 0.573 e. The number of methoxy groups -OCH3 is 1. The van der Waals surface area contributed by atoms with Gasteiger partial charge in [0.25, 0.3) is 0 Å². The van der Waals surface area contributed by atoms with E-state index in [4.69, 9.17) is 9.47 Å². The Bertz CT molecular complexity index is 1450. The molecular weight excluding hydrogens is 505 g/mol. The molecule has 0 unspecified atom stereocenters. The largest absolute Gasteiger partial charge is 0.573 e. The van der Waals surface area contributed by atoms with Gasteiger partial charge >= 0.3 is 12.3 Å². The van der Waals surface area contributed by atoms with Gasteiger partial charge in [0.05, 0.1) is 33.7 Å². The number of ether oxygens (including phenoxy) is 3. The molecule has 2 aromatic carbocycles. The van der Waals surface area contributed by atoms with Gasteiger partial charge in [0.1, 0.15) is 5.75 Å². The van der Waals surface area contributed by atoms with Crippen molar-refractivity contribution in [3.05, 3.63) is 58.4 Å². The number of nitrogens with zero attached hydrogens (tertiary/aromatic N) is 2. The molecule has 9 nitrogen and oxygen atoms in total. The number of esters is 1. The van der Waals surface area contributed by atoms with Gasteiger partial charge in [-0.15, -0.1) is 13.2 Å². The Morgan fingerprint density at radius 3 is 2.28 bits per heavy atom. The second-order valence-electron chi connectivity index (χ2n) is 8.40. The van der Waals surface area contributed by atoms with E-state index in [1.54, 1.807) is 13.8 Å². The maximum atomic E-state index is 13.2. The van der Waals surface area contributed by atoms with Gasteiger partial charge in [-0.1, -0.05) is 6.07 Å². The third kappa shape index (κ3) is 6.21. The summed E-state index contributed by atoms with van der Waals surface area (Å²) >= 11 is 0. The quantitative estimate of drug-likeness (QED) is 0.407. The number of halogens is 3. The molecule has 0 radical (unpaired) electrons. The number of hydrogen-bond acceptors (Lipinski definition) is 8. The summed E-state index contributed by atoms with van der Waals surface area (Å²) in [6, 6.07) is 8.43. The minimum Gasteiger partial charge on any atom is -0.461 e. The Hall–Kier alpha value is -3.45. The standard InChI is InChI=1S/C23H23F3N2O7S/c1-22(2,33-3)12-13-34-21(30)19-20(29)18-16(6-5-7-17(18)36(4,31)32)28(27-19)14-8-10-15(11-9-14)35-23(24,25)26/h5-11H,12-13H2,1-4H3. The van der Waals surface area contributed by atoms with Crippen molar-refractivity contribution in [2.45, 2.75) is 37.1 Å². The van der Waals surface area contributed by atoms with Crippen molar-refractivity contribution in [2.24, 2.45) is 0 Å². The highest BCUT2D eigenvalue weighted by Crippen LogP contribution is 2.26. The van der Waals surface area contributed by atoms with Gasteiger partial charge in [0.15, 0.2) is 9.84 Å². The first-order chi connectivity index (χ1) is 16.6. The molecule has 3 rings (SSSR count). The summed E-state index contributed by atoms with van der Waals surface area (Å²) in [7, 11) is -2.43. The summed E-state index contributed by atoms with van der Waals surface area (Å²) in [4.78, 5) is 25.7. The third-order valence-corrected chi connectivity index (χ3v) is 6.41. The van der Waals surface area contributed by atoms with Gasteiger partial charge in [0.2, 0.25) is 11.1 Å². The molecule has 1 heterocycles. The molecule has 0 aliphatic heterocycles. The lowest BCUT2D eigenvalue weighted by molar-refractivity contribution is -0.274. The first kappa shape index (κ1) is 27.1. The number of benzene rings is 2. The van der Waals surface area contributed by atoms with Crippen LogP contribution in [0.25, 0.3) is 16.6 Å². The van der Waals surface area contributed by atoms with Crippen LogP contribution in [0.15, 0.2) is 52.2 Å². The zero-order chi connectivity index (χ0) is 26.9. The maximum absolute atomic E-state index is 13.2. The highest BCUT2D eigenvalue weighted by atomic mass is 32.2. The van der Waals surface area contributed by atoms with Crippen molar-refractivity contribution in [3.8, 4) is 11.4 Å². The number of rotatable bonds is 8. The zero-order valence-electron chi connectivity index (χ0n) is 19.7. The monoisotopic (exact) mass is 528 g/mol. The van der Waals surface area contributed by atoms with Gasteiger partial charge in [-0.3, -0.25) is 4.79 Å². The molecule has 0 spiro atoms. The number of aromatic nitrogens is 2. The van der Waals surface area contributed by atoms with E-state index in [2.05, 4.69) is 9.84 Å². The second-order valence-corrected chi connectivity index (χ2v) is 10.4. The molecule has 0 atom stereocenters. The van der Waals surface area contributed by atoms with Gasteiger partial charge in [-0.05, 0) is 50.2 Å². The van der Waals surface area contributed by atoms with E-state index in [1.807, 2.05) is 0 Å². The fourth-order valence-electron chi connectivity index (χ4n) is 3.23. The first-order valence-corrected chi connectivity index (χ1v) is 12.4. The molecule has 0 bridgehead atoms.